The summed E-state index contributed by atoms with van der Waals surface area (Å²) in [4.78, 5) is 12.5. The van der Waals surface area contributed by atoms with E-state index < -0.39 is 0 Å². The van der Waals surface area contributed by atoms with Gasteiger partial charge < -0.3 is 4.74 Å². The van der Waals surface area contributed by atoms with E-state index in [-0.39, 0.29) is 12.1 Å². The van der Waals surface area contributed by atoms with Gasteiger partial charge >= 0.3 is 5.97 Å². The van der Waals surface area contributed by atoms with Gasteiger partial charge in [0.1, 0.15) is 6.10 Å². The van der Waals surface area contributed by atoms with Gasteiger partial charge in [-0.1, -0.05) is 64.5 Å². The monoisotopic (exact) mass is 398 g/mol. The fourth-order valence-electron chi connectivity index (χ4n) is 5.28. The average Bonchev–Trinajstić information content (AvgIpc) is 2.76. The Morgan fingerprint density at radius 2 is 1.52 bits per heavy atom. The Morgan fingerprint density at radius 3 is 2.17 bits per heavy atom. The van der Waals surface area contributed by atoms with Crippen molar-refractivity contribution in [1.82, 2.24) is 0 Å². The third-order valence-corrected chi connectivity index (χ3v) is 7.42. The van der Waals surface area contributed by atoms with Crippen LogP contribution in [0.15, 0.2) is 24.3 Å². The molecule has 2 aliphatic rings. The van der Waals surface area contributed by atoms with E-state index in [9.17, 15) is 4.79 Å². The molecule has 0 atom stereocenters. The lowest BCUT2D eigenvalue weighted by atomic mass is 9.77. The second-order valence-corrected chi connectivity index (χ2v) is 9.83. The molecule has 1 aromatic rings. The van der Waals surface area contributed by atoms with Crippen molar-refractivity contribution in [2.75, 3.05) is 0 Å². The molecule has 0 saturated heterocycles. The summed E-state index contributed by atoms with van der Waals surface area (Å²) >= 11 is 0. The Morgan fingerprint density at radius 1 is 0.862 bits per heavy atom. The van der Waals surface area contributed by atoms with Crippen molar-refractivity contribution in [1.29, 1.82) is 0 Å². The Hall–Kier alpha value is -1.31. The van der Waals surface area contributed by atoms with Crippen LogP contribution in [0.5, 0.6) is 0 Å². The van der Waals surface area contributed by atoms with Crippen LogP contribution in [0, 0.1) is 11.8 Å². The van der Waals surface area contributed by atoms with Gasteiger partial charge in [-0.3, -0.25) is 0 Å². The van der Waals surface area contributed by atoms with E-state index in [1.165, 1.54) is 82.6 Å². The zero-order valence-corrected chi connectivity index (χ0v) is 18.8. The molecular weight excluding hydrogens is 356 g/mol. The first-order chi connectivity index (χ1) is 14.2. The molecule has 0 bridgehead atoms. The largest absolute Gasteiger partial charge is 0.459 e. The molecule has 0 heterocycles. The Labute approximate surface area is 178 Å². The Balaban J connectivity index is 1.39. The maximum absolute atomic E-state index is 12.5. The summed E-state index contributed by atoms with van der Waals surface area (Å²) in [5.41, 5.74) is 2.13. The minimum atomic E-state index is -0.136. The van der Waals surface area contributed by atoms with Crippen LogP contribution in [0.3, 0.4) is 0 Å². The van der Waals surface area contributed by atoms with Crippen molar-refractivity contribution in [3.63, 3.8) is 0 Å². The molecule has 2 aliphatic carbocycles. The summed E-state index contributed by atoms with van der Waals surface area (Å²) in [6, 6.07) is 8.33. The van der Waals surface area contributed by atoms with Gasteiger partial charge in [-0.05, 0) is 86.8 Å². The normalized spacial score (nSPS) is 27.5. The highest BCUT2D eigenvalue weighted by atomic mass is 16.5. The van der Waals surface area contributed by atoms with Crippen molar-refractivity contribution in [3.8, 4) is 0 Å². The lowest BCUT2D eigenvalue weighted by Crippen LogP contribution is -2.23. The Bertz CT molecular complexity index is 589. The number of ether oxygens (including phenoxy) is 1. The number of unbranched alkanes of at least 4 members (excludes halogenated alkanes) is 4. The molecule has 0 spiro atoms. The molecule has 0 radical (unpaired) electrons. The standard InChI is InChI=1S/C27H42O2/c1-3-4-5-6-7-8-22-11-13-23(14-12-22)24-15-17-25(18-16-24)27(28)29-26-19-9-21(2)10-20-26/h15-18,21-23,26H,3-14,19-20H2,1-2H3. The number of benzene rings is 1. The molecule has 29 heavy (non-hydrogen) atoms. The van der Waals surface area contributed by atoms with E-state index in [4.69, 9.17) is 4.74 Å². The molecule has 2 fully saturated rings. The second kappa shape index (κ2) is 11.8. The minimum Gasteiger partial charge on any atom is -0.459 e. The molecule has 0 amide bonds. The zero-order chi connectivity index (χ0) is 20.5. The van der Waals surface area contributed by atoms with Gasteiger partial charge in [-0.25, -0.2) is 4.79 Å². The van der Waals surface area contributed by atoms with Crippen LogP contribution in [0.1, 0.15) is 126 Å². The van der Waals surface area contributed by atoms with E-state index in [2.05, 4.69) is 26.0 Å². The van der Waals surface area contributed by atoms with Crippen LogP contribution < -0.4 is 0 Å². The van der Waals surface area contributed by atoms with Crippen molar-refractivity contribution in [3.05, 3.63) is 35.4 Å². The van der Waals surface area contributed by atoms with Gasteiger partial charge in [0.2, 0.25) is 0 Å². The third-order valence-electron chi connectivity index (χ3n) is 7.42. The summed E-state index contributed by atoms with van der Waals surface area (Å²) in [5, 5.41) is 0. The van der Waals surface area contributed by atoms with Gasteiger partial charge in [0.15, 0.2) is 0 Å². The van der Waals surface area contributed by atoms with Gasteiger partial charge in [-0.2, -0.15) is 0 Å². The lowest BCUT2D eigenvalue weighted by molar-refractivity contribution is 0.0174. The van der Waals surface area contributed by atoms with Crippen LogP contribution in [0.4, 0.5) is 0 Å². The quantitative estimate of drug-likeness (QED) is 0.310. The lowest BCUT2D eigenvalue weighted by Gasteiger charge is -2.29. The fraction of sp³-hybridized carbons (Fsp3) is 0.741. The molecule has 0 unspecified atom stereocenters. The zero-order valence-electron chi connectivity index (χ0n) is 18.8. The first-order valence-electron chi connectivity index (χ1n) is 12.5. The third kappa shape index (κ3) is 7.15. The maximum Gasteiger partial charge on any atom is 0.338 e. The Kier molecular flexibility index (Phi) is 9.08. The van der Waals surface area contributed by atoms with Gasteiger partial charge in [0, 0.05) is 0 Å². The summed E-state index contributed by atoms with van der Waals surface area (Å²) in [7, 11) is 0. The number of hydrogen-bond acceptors (Lipinski definition) is 2. The molecule has 2 saturated carbocycles. The SMILES string of the molecule is CCCCCCCC1CCC(c2ccc(C(=O)OC3CCC(C)CC3)cc2)CC1. The van der Waals surface area contributed by atoms with E-state index in [1.54, 1.807) is 0 Å². The molecular formula is C27H42O2. The van der Waals surface area contributed by atoms with Crippen molar-refractivity contribution < 1.29 is 9.53 Å². The van der Waals surface area contributed by atoms with Crippen LogP contribution in [-0.2, 0) is 4.74 Å². The molecule has 2 nitrogen and oxygen atoms in total. The molecule has 0 N–H and O–H groups in total. The minimum absolute atomic E-state index is 0.121. The second-order valence-electron chi connectivity index (χ2n) is 9.83. The van der Waals surface area contributed by atoms with Crippen LogP contribution >= 0.6 is 0 Å². The first kappa shape index (κ1) is 22.4. The molecule has 1 aromatic carbocycles. The molecule has 2 heteroatoms. The molecule has 0 aliphatic heterocycles. The van der Waals surface area contributed by atoms with Crippen molar-refractivity contribution in [2.24, 2.45) is 11.8 Å². The summed E-state index contributed by atoms with van der Waals surface area (Å²) < 4.78 is 5.75. The molecule has 0 aromatic heterocycles. The summed E-state index contributed by atoms with van der Waals surface area (Å²) in [6.07, 6.45) is 18.3. The molecule has 162 valence electrons. The van der Waals surface area contributed by atoms with Crippen LogP contribution in [0.2, 0.25) is 0 Å². The van der Waals surface area contributed by atoms with Gasteiger partial charge in [0.25, 0.3) is 0 Å². The summed E-state index contributed by atoms with van der Waals surface area (Å²) in [5.74, 6) is 2.26. The average molecular weight is 399 g/mol. The van der Waals surface area contributed by atoms with E-state index >= 15 is 0 Å². The van der Waals surface area contributed by atoms with Gasteiger partial charge in [-0.15, -0.1) is 0 Å². The predicted molar refractivity (Wildman–Crippen MR) is 121 cm³/mol. The summed E-state index contributed by atoms with van der Waals surface area (Å²) in [6.45, 7) is 4.58. The number of rotatable bonds is 9. The maximum atomic E-state index is 12.5. The van der Waals surface area contributed by atoms with Gasteiger partial charge in [0.05, 0.1) is 5.56 Å². The highest BCUT2D eigenvalue weighted by molar-refractivity contribution is 5.89. The predicted octanol–water partition coefficient (Wildman–Crippen LogP) is 8.06. The number of carbonyl (C=O) groups is 1. The molecule has 3 rings (SSSR count). The van der Waals surface area contributed by atoms with E-state index in [1.807, 2.05) is 12.1 Å². The van der Waals surface area contributed by atoms with Crippen molar-refractivity contribution >= 4 is 5.97 Å². The van der Waals surface area contributed by atoms with Crippen LogP contribution in [0.25, 0.3) is 0 Å². The highest BCUT2D eigenvalue weighted by Crippen LogP contribution is 2.38. The van der Waals surface area contributed by atoms with Crippen LogP contribution in [-0.4, -0.2) is 12.1 Å². The first-order valence-corrected chi connectivity index (χ1v) is 12.5. The highest BCUT2D eigenvalue weighted by Gasteiger charge is 2.24. The van der Waals surface area contributed by atoms with Crippen molar-refractivity contribution in [2.45, 2.75) is 116 Å². The topological polar surface area (TPSA) is 26.3 Å². The smallest absolute Gasteiger partial charge is 0.338 e. The number of carbonyl (C=O) groups excluding carboxylic acids is 1. The fourth-order valence-corrected chi connectivity index (χ4v) is 5.28. The van der Waals surface area contributed by atoms with E-state index in [0.717, 1.165) is 24.7 Å². The number of esters is 1. The number of hydrogen-bond donors (Lipinski definition) is 0. The van der Waals surface area contributed by atoms with E-state index in [0.29, 0.717) is 11.5 Å².